The number of fused-ring (bicyclic) bond motifs is 7. The van der Waals surface area contributed by atoms with Crippen LogP contribution in [-0.2, 0) is 6.42 Å². The number of hydrogen-bond acceptors (Lipinski definition) is 2. The minimum absolute atomic E-state index is 0.338. The number of rotatable bonds is 1. The molecule has 0 saturated heterocycles. The molecule has 0 aromatic heterocycles. The van der Waals surface area contributed by atoms with Gasteiger partial charge in [0.25, 0.3) is 0 Å². The van der Waals surface area contributed by atoms with E-state index >= 15 is 0 Å². The summed E-state index contributed by atoms with van der Waals surface area (Å²) in [5.41, 5.74) is 5.70. The Morgan fingerprint density at radius 2 is 1.94 bits per heavy atom. The Bertz CT molecular complexity index is 620. The maximum Gasteiger partial charge on any atom is 0.119 e. The van der Waals surface area contributed by atoms with Crippen molar-refractivity contribution in [1.82, 2.24) is 5.32 Å². The van der Waals surface area contributed by atoms with Crippen LogP contribution in [0.15, 0.2) is 42.5 Å². The molecule has 2 atom stereocenters. The summed E-state index contributed by atoms with van der Waals surface area (Å²) in [6, 6.07) is 16.0. The van der Waals surface area contributed by atoms with Gasteiger partial charge in [-0.15, -0.1) is 0 Å². The summed E-state index contributed by atoms with van der Waals surface area (Å²) in [5, 5.41) is 3.71. The summed E-state index contributed by atoms with van der Waals surface area (Å²) in [7, 11) is 1.73. The van der Waals surface area contributed by atoms with E-state index in [1.165, 1.54) is 22.3 Å². The molecule has 2 heterocycles. The number of methoxy groups -OCH3 is 1. The van der Waals surface area contributed by atoms with Crippen LogP contribution in [0.5, 0.6) is 5.75 Å². The Morgan fingerprint density at radius 1 is 1.06 bits per heavy atom. The van der Waals surface area contributed by atoms with Crippen LogP contribution in [0.25, 0.3) is 0 Å². The lowest BCUT2D eigenvalue weighted by Gasteiger charge is -2.24. The van der Waals surface area contributed by atoms with Gasteiger partial charge >= 0.3 is 0 Å². The first-order valence-electron chi connectivity index (χ1n) is 6.38. The van der Waals surface area contributed by atoms with Gasteiger partial charge in [0.05, 0.1) is 13.2 Å². The highest BCUT2D eigenvalue weighted by Crippen LogP contribution is 2.45. The average molecular weight is 237 g/mol. The first-order valence-corrected chi connectivity index (χ1v) is 6.38. The maximum absolute atomic E-state index is 5.35. The molecule has 2 aromatic carbocycles. The van der Waals surface area contributed by atoms with Gasteiger partial charge in [-0.1, -0.05) is 30.3 Å². The average Bonchev–Trinajstić information content (AvgIpc) is 2.73. The molecule has 0 amide bonds. The van der Waals surface area contributed by atoms with E-state index in [-0.39, 0.29) is 0 Å². The van der Waals surface area contributed by atoms with Crippen LogP contribution in [0.1, 0.15) is 34.3 Å². The molecule has 0 radical (unpaired) electrons. The van der Waals surface area contributed by atoms with Crippen LogP contribution in [0.4, 0.5) is 0 Å². The topological polar surface area (TPSA) is 21.3 Å². The molecule has 18 heavy (non-hydrogen) atoms. The van der Waals surface area contributed by atoms with Crippen molar-refractivity contribution in [1.29, 1.82) is 0 Å². The van der Waals surface area contributed by atoms with Gasteiger partial charge in [0.15, 0.2) is 0 Å². The van der Waals surface area contributed by atoms with Crippen molar-refractivity contribution in [2.75, 3.05) is 7.11 Å². The third-order valence-electron chi connectivity index (χ3n) is 4.14. The largest absolute Gasteiger partial charge is 0.497 e. The molecule has 4 rings (SSSR count). The van der Waals surface area contributed by atoms with Crippen molar-refractivity contribution in [3.8, 4) is 5.75 Å². The Kier molecular flexibility index (Phi) is 2.03. The van der Waals surface area contributed by atoms with Crippen molar-refractivity contribution in [3.05, 3.63) is 64.7 Å². The third-order valence-corrected chi connectivity index (χ3v) is 4.14. The van der Waals surface area contributed by atoms with Crippen LogP contribution in [0.3, 0.4) is 0 Å². The Balaban J connectivity index is 1.91. The molecule has 2 aliphatic heterocycles. The summed E-state index contributed by atoms with van der Waals surface area (Å²) in [6.07, 6.45) is 1.09. The zero-order valence-corrected chi connectivity index (χ0v) is 10.3. The van der Waals surface area contributed by atoms with Gasteiger partial charge in [0.2, 0.25) is 0 Å². The fraction of sp³-hybridized carbons (Fsp3) is 0.250. The van der Waals surface area contributed by atoms with Gasteiger partial charge in [-0.05, 0) is 40.8 Å². The van der Waals surface area contributed by atoms with E-state index in [1.807, 2.05) is 0 Å². The molecule has 2 aromatic rings. The molecule has 0 spiro atoms. The van der Waals surface area contributed by atoms with Gasteiger partial charge in [0, 0.05) is 6.04 Å². The summed E-state index contributed by atoms with van der Waals surface area (Å²) in [5.74, 6) is 0.945. The monoisotopic (exact) mass is 237 g/mol. The molecular weight excluding hydrogens is 222 g/mol. The van der Waals surface area contributed by atoms with E-state index in [9.17, 15) is 0 Å². The number of hydrogen-bond donors (Lipinski definition) is 1. The highest BCUT2D eigenvalue weighted by molar-refractivity contribution is 5.52. The molecule has 90 valence electrons. The second-order valence-corrected chi connectivity index (χ2v) is 5.05. The summed E-state index contributed by atoms with van der Waals surface area (Å²) in [4.78, 5) is 0. The van der Waals surface area contributed by atoms with E-state index in [0.717, 1.165) is 12.2 Å². The van der Waals surface area contributed by atoms with Crippen molar-refractivity contribution >= 4 is 0 Å². The fourth-order valence-electron chi connectivity index (χ4n) is 3.28. The molecule has 2 bridgehead atoms. The second kappa shape index (κ2) is 3.59. The molecule has 0 aliphatic carbocycles. The summed E-state index contributed by atoms with van der Waals surface area (Å²) < 4.78 is 5.35. The van der Waals surface area contributed by atoms with E-state index < -0.39 is 0 Å². The van der Waals surface area contributed by atoms with E-state index in [4.69, 9.17) is 4.74 Å². The number of ether oxygens (including phenoxy) is 1. The number of benzene rings is 2. The Labute approximate surface area is 107 Å². The maximum atomic E-state index is 5.35. The van der Waals surface area contributed by atoms with Crippen molar-refractivity contribution in [3.63, 3.8) is 0 Å². The smallest absolute Gasteiger partial charge is 0.119 e. The first-order chi connectivity index (χ1) is 8.86. The predicted molar refractivity (Wildman–Crippen MR) is 70.9 cm³/mol. The number of nitrogens with one attached hydrogen (secondary N) is 1. The van der Waals surface area contributed by atoms with Gasteiger partial charge < -0.3 is 4.74 Å². The van der Waals surface area contributed by atoms with Crippen LogP contribution < -0.4 is 10.1 Å². The molecule has 2 unspecified atom stereocenters. The third kappa shape index (κ3) is 1.27. The molecule has 0 fully saturated rings. The van der Waals surface area contributed by atoms with Crippen LogP contribution in [0, 0.1) is 0 Å². The van der Waals surface area contributed by atoms with Gasteiger partial charge in [-0.25, -0.2) is 0 Å². The second-order valence-electron chi connectivity index (χ2n) is 5.05. The summed E-state index contributed by atoms with van der Waals surface area (Å²) >= 11 is 0. The zero-order valence-electron chi connectivity index (χ0n) is 10.3. The quantitative estimate of drug-likeness (QED) is 0.823. The van der Waals surface area contributed by atoms with E-state index in [0.29, 0.717) is 12.1 Å². The van der Waals surface area contributed by atoms with E-state index in [1.54, 1.807) is 7.11 Å². The van der Waals surface area contributed by atoms with Gasteiger partial charge in [-0.3, -0.25) is 5.32 Å². The zero-order chi connectivity index (χ0) is 12.1. The molecule has 1 N–H and O–H groups in total. The standard InChI is InChI=1S/C16H15NO/c1-18-11-6-7-13-14(9-11)16-12-5-3-2-4-10(12)8-15(13)17-16/h2-7,9,15-17H,8H2,1H3. The SMILES string of the molecule is COc1ccc2c(c1)C1NC2Cc2ccccc21. The molecule has 0 saturated carbocycles. The van der Waals surface area contributed by atoms with Gasteiger partial charge in [-0.2, -0.15) is 0 Å². The highest BCUT2D eigenvalue weighted by Gasteiger charge is 2.36. The molecular formula is C16H15NO. The molecule has 2 aliphatic rings. The van der Waals surface area contributed by atoms with Crippen molar-refractivity contribution in [2.45, 2.75) is 18.5 Å². The first kappa shape index (κ1) is 10.2. The van der Waals surface area contributed by atoms with Crippen LogP contribution in [0.2, 0.25) is 0 Å². The minimum Gasteiger partial charge on any atom is -0.497 e. The fourth-order valence-corrected chi connectivity index (χ4v) is 3.28. The Morgan fingerprint density at radius 3 is 2.83 bits per heavy atom. The normalized spacial score (nSPS) is 23.4. The lowest BCUT2D eigenvalue weighted by atomic mass is 9.94. The highest BCUT2D eigenvalue weighted by atomic mass is 16.5. The lowest BCUT2D eigenvalue weighted by Crippen LogP contribution is -2.26. The lowest BCUT2D eigenvalue weighted by molar-refractivity contribution is 0.414. The van der Waals surface area contributed by atoms with Crippen LogP contribution >= 0.6 is 0 Å². The molecule has 2 heteroatoms. The minimum atomic E-state index is 0.338. The van der Waals surface area contributed by atoms with Crippen molar-refractivity contribution in [2.24, 2.45) is 0 Å². The summed E-state index contributed by atoms with van der Waals surface area (Å²) in [6.45, 7) is 0. The van der Waals surface area contributed by atoms with Gasteiger partial charge in [0.1, 0.15) is 5.75 Å². The Hall–Kier alpha value is -1.80. The predicted octanol–water partition coefficient (Wildman–Crippen LogP) is 2.99. The molecule has 2 nitrogen and oxygen atoms in total. The van der Waals surface area contributed by atoms with Crippen LogP contribution in [-0.4, -0.2) is 7.11 Å². The van der Waals surface area contributed by atoms with E-state index in [2.05, 4.69) is 47.8 Å². The van der Waals surface area contributed by atoms with Crippen molar-refractivity contribution < 1.29 is 4.74 Å².